The Bertz CT molecular complexity index is 512. The molecule has 5 nitrogen and oxygen atoms in total. The third-order valence-corrected chi connectivity index (χ3v) is 2.12. The van der Waals surface area contributed by atoms with Gasteiger partial charge in [0.1, 0.15) is 0 Å². The van der Waals surface area contributed by atoms with E-state index in [0.717, 1.165) is 11.0 Å². The summed E-state index contributed by atoms with van der Waals surface area (Å²) in [6.45, 7) is 0.212. The summed E-state index contributed by atoms with van der Waals surface area (Å²) in [6.07, 6.45) is 0. The third kappa shape index (κ3) is 1.27. The summed E-state index contributed by atoms with van der Waals surface area (Å²) >= 11 is 0. The number of benzene rings is 1. The first kappa shape index (κ1) is 8.83. The van der Waals surface area contributed by atoms with Gasteiger partial charge < -0.3 is 15.8 Å². The molecule has 0 aliphatic carbocycles. The van der Waals surface area contributed by atoms with Gasteiger partial charge >= 0.3 is 5.69 Å². The molecule has 0 aliphatic heterocycles. The number of aliphatic hydroxyl groups excluding tert-OH is 1. The number of nitrogens with one attached hydrogen (secondary N) is 1. The standard InChI is InChI=1S/C9H11N3O2/c10-6-1-2-7-8(5-6)12(3-4-13)9(14)11-7/h1-2,5,13H,3-4,10H2,(H,11,14). The number of hydrogen-bond donors (Lipinski definition) is 3. The van der Waals surface area contributed by atoms with Crippen molar-refractivity contribution >= 4 is 16.7 Å². The highest BCUT2D eigenvalue weighted by Crippen LogP contribution is 2.13. The van der Waals surface area contributed by atoms with Crippen molar-refractivity contribution in [2.45, 2.75) is 6.54 Å². The molecule has 1 aromatic carbocycles. The topological polar surface area (TPSA) is 84.0 Å². The number of anilines is 1. The Morgan fingerprint density at radius 3 is 3.00 bits per heavy atom. The fourth-order valence-corrected chi connectivity index (χ4v) is 1.49. The number of H-pyrrole nitrogens is 1. The molecule has 0 atom stereocenters. The molecule has 5 heteroatoms. The maximum absolute atomic E-state index is 11.4. The first-order chi connectivity index (χ1) is 6.72. The van der Waals surface area contributed by atoms with Crippen LogP contribution in [0.1, 0.15) is 0 Å². The second kappa shape index (κ2) is 3.19. The van der Waals surface area contributed by atoms with Gasteiger partial charge in [0.15, 0.2) is 0 Å². The molecule has 0 fully saturated rings. The van der Waals surface area contributed by atoms with Crippen LogP contribution in [0.5, 0.6) is 0 Å². The zero-order valence-electron chi connectivity index (χ0n) is 7.53. The number of nitrogens with zero attached hydrogens (tertiary/aromatic N) is 1. The van der Waals surface area contributed by atoms with E-state index in [-0.39, 0.29) is 18.8 Å². The molecular weight excluding hydrogens is 182 g/mol. The van der Waals surface area contributed by atoms with Gasteiger partial charge in [-0.2, -0.15) is 0 Å². The Hall–Kier alpha value is -1.75. The minimum atomic E-state index is -0.223. The van der Waals surface area contributed by atoms with Crippen LogP contribution in [0, 0.1) is 0 Å². The quantitative estimate of drug-likeness (QED) is 0.582. The summed E-state index contributed by atoms with van der Waals surface area (Å²) in [5.74, 6) is 0. The monoisotopic (exact) mass is 193 g/mol. The third-order valence-electron chi connectivity index (χ3n) is 2.12. The highest BCUT2D eigenvalue weighted by molar-refractivity contribution is 5.78. The maximum Gasteiger partial charge on any atom is 0.326 e. The van der Waals surface area contributed by atoms with E-state index in [0.29, 0.717) is 5.69 Å². The molecule has 1 heterocycles. The molecule has 0 saturated carbocycles. The van der Waals surface area contributed by atoms with Gasteiger partial charge in [-0.05, 0) is 18.2 Å². The van der Waals surface area contributed by atoms with Crippen LogP contribution in [-0.4, -0.2) is 21.3 Å². The lowest BCUT2D eigenvalue weighted by atomic mass is 10.3. The number of aromatic nitrogens is 2. The summed E-state index contributed by atoms with van der Waals surface area (Å²) < 4.78 is 1.46. The molecule has 4 N–H and O–H groups in total. The van der Waals surface area contributed by atoms with E-state index in [1.54, 1.807) is 18.2 Å². The van der Waals surface area contributed by atoms with E-state index in [9.17, 15) is 4.79 Å². The average Bonchev–Trinajstić information content (AvgIpc) is 2.45. The van der Waals surface area contributed by atoms with Crippen molar-refractivity contribution in [3.8, 4) is 0 Å². The minimum absolute atomic E-state index is 0.0678. The van der Waals surface area contributed by atoms with Crippen LogP contribution >= 0.6 is 0 Å². The number of hydrogen-bond acceptors (Lipinski definition) is 3. The summed E-state index contributed by atoms with van der Waals surface area (Å²) in [7, 11) is 0. The second-order valence-corrected chi connectivity index (χ2v) is 3.08. The van der Waals surface area contributed by atoms with Crippen molar-refractivity contribution in [1.82, 2.24) is 9.55 Å². The number of aromatic amines is 1. The first-order valence-corrected chi connectivity index (χ1v) is 4.31. The van der Waals surface area contributed by atoms with Crippen LogP contribution in [0.2, 0.25) is 0 Å². The van der Waals surface area contributed by atoms with Crippen molar-refractivity contribution in [1.29, 1.82) is 0 Å². The fraction of sp³-hybridized carbons (Fsp3) is 0.222. The normalized spacial score (nSPS) is 10.9. The Balaban J connectivity index is 2.73. The summed E-state index contributed by atoms with van der Waals surface area (Å²) in [5.41, 5.74) is 7.44. The van der Waals surface area contributed by atoms with Gasteiger partial charge in [-0.1, -0.05) is 0 Å². The molecule has 14 heavy (non-hydrogen) atoms. The molecule has 2 aromatic rings. The van der Waals surface area contributed by atoms with Crippen LogP contribution in [0.15, 0.2) is 23.0 Å². The molecular formula is C9H11N3O2. The number of aliphatic hydroxyl groups is 1. The summed E-state index contributed by atoms with van der Waals surface area (Å²) in [4.78, 5) is 14.1. The molecule has 0 bridgehead atoms. The molecule has 0 saturated heterocycles. The molecule has 0 radical (unpaired) electrons. The molecule has 0 aliphatic rings. The Morgan fingerprint density at radius 2 is 2.29 bits per heavy atom. The van der Waals surface area contributed by atoms with E-state index in [4.69, 9.17) is 10.8 Å². The SMILES string of the molecule is Nc1ccc2[nH]c(=O)n(CCO)c2c1. The van der Waals surface area contributed by atoms with Crippen molar-refractivity contribution in [2.24, 2.45) is 0 Å². The van der Waals surface area contributed by atoms with E-state index in [1.165, 1.54) is 4.57 Å². The molecule has 1 aromatic heterocycles. The first-order valence-electron chi connectivity index (χ1n) is 4.31. The smallest absolute Gasteiger partial charge is 0.326 e. The Labute approximate surface area is 79.8 Å². The summed E-state index contributed by atoms with van der Waals surface area (Å²) in [6, 6.07) is 5.18. The second-order valence-electron chi connectivity index (χ2n) is 3.08. The maximum atomic E-state index is 11.4. The molecule has 0 unspecified atom stereocenters. The highest BCUT2D eigenvalue weighted by Gasteiger charge is 2.05. The van der Waals surface area contributed by atoms with E-state index in [1.807, 2.05) is 0 Å². The molecule has 2 rings (SSSR count). The van der Waals surface area contributed by atoms with Gasteiger partial charge in [-0.25, -0.2) is 4.79 Å². The largest absolute Gasteiger partial charge is 0.399 e. The number of fused-ring (bicyclic) bond motifs is 1. The highest BCUT2D eigenvalue weighted by atomic mass is 16.3. The molecule has 74 valence electrons. The van der Waals surface area contributed by atoms with Crippen LogP contribution < -0.4 is 11.4 Å². The Kier molecular flexibility index (Phi) is 2.01. The lowest BCUT2D eigenvalue weighted by Gasteiger charge is -1.99. The van der Waals surface area contributed by atoms with Crippen LogP contribution in [0.4, 0.5) is 5.69 Å². The zero-order chi connectivity index (χ0) is 10.1. The van der Waals surface area contributed by atoms with Gasteiger partial charge in [-0.3, -0.25) is 4.57 Å². The zero-order valence-corrected chi connectivity index (χ0v) is 7.53. The van der Waals surface area contributed by atoms with Gasteiger partial charge in [-0.15, -0.1) is 0 Å². The van der Waals surface area contributed by atoms with Gasteiger partial charge in [0.25, 0.3) is 0 Å². The van der Waals surface area contributed by atoms with Crippen LogP contribution in [-0.2, 0) is 6.54 Å². The number of nitrogens with two attached hydrogens (primary N) is 1. The number of imidazole rings is 1. The predicted molar refractivity (Wildman–Crippen MR) is 54.1 cm³/mol. The van der Waals surface area contributed by atoms with E-state index < -0.39 is 0 Å². The number of nitrogen functional groups attached to an aromatic ring is 1. The van der Waals surface area contributed by atoms with Crippen molar-refractivity contribution < 1.29 is 5.11 Å². The van der Waals surface area contributed by atoms with Crippen molar-refractivity contribution in [3.63, 3.8) is 0 Å². The van der Waals surface area contributed by atoms with E-state index >= 15 is 0 Å². The average molecular weight is 193 g/mol. The number of rotatable bonds is 2. The van der Waals surface area contributed by atoms with Crippen LogP contribution in [0.25, 0.3) is 11.0 Å². The van der Waals surface area contributed by atoms with Gasteiger partial charge in [0.05, 0.1) is 24.2 Å². The van der Waals surface area contributed by atoms with Gasteiger partial charge in [0, 0.05) is 5.69 Å². The molecule has 0 amide bonds. The van der Waals surface area contributed by atoms with Crippen LogP contribution in [0.3, 0.4) is 0 Å². The van der Waals surface area contributed by atoms with Crippen molar-refractivity contribution in [3.05, 3.63) is 28.7 Å². The minimum Gasteiger partial charge on any atom is -0.399 e. The lowest BCUT2D eigenvalue weighted by molar-refractivity contribution is 0.276. The predicted octanol–water partition coefficient (Wildman–Crippen LogP) is -0.0959. The fourth-order valence-electron chi connectivity index (χ4n) is 1.49. The molecule has 0 spiro atoms. The Morgan fingerprint density at radius 1 is 1.50 bits per heavy atom. The van der Waals surface area contributed by atoms with Crippen molar-refractivity contribution in [2.75, 3.05) is 12.3 Å². The lowest BCUT2D eigenvalue weighted by Crippen LogP contribution is -2.18. The van der Waals surface area contributed by atoms with E-state index in [2.05, 4.69) is 4.98 Å². The summed E-state index contributed by atoms with van der Waals surface area (Å²) in [5, 5.41) is 8.79. The van der Waals surface area contributed by atoms with Gasteiger partial charge in [0.2, 0.25) is 0 Å².